The van der Waals surface area contributed by atoms with E-state index < -0.39 is 11.4 Å². The molecule has 4 rings (SSSR count). The summed E-state index contributed by atoms with van der Waals surface area (Å²) in [7, 11) is 1.54. The Balaban J connectivity index is 1.56. The van der Waals surface area contributed by atoms with Crippen molar-refractivity contribution in [2.24, 2.45) is 0 Å². The van der Waals surface area contributed by atoms with Crippen molar-refractivity contribution in [3.05, 3.63) is 64.2 Å². The van der Waals surface area contributed by atoms with Gasteiger partial charge < -0.3 is 20.1 Å². The van der Waals surface area contributed by atoms with Gasteiger partial charge in [-0.3, -0.25) is 19.8 Å². The van der Waals surface area contributed by atoms with E-state index in [2.05, 4.69) is 5.32 Å². The largest absolute Gasteiger partial charge is 0.493 e. The van der Waals surface area contributed by atoms with Gasteiger partial charge in [-0.25, -0.2) is 0 Å². The molecule has 0 aromatic heterocycles. The molecule has 0 bridgehead atoms. The number of aliphatic carboxylic acids is 1. The number of carboxylic acid groups (broad SMARTS) is 1. The molecular weight excluding hydrogens is 434 g/mol. The van der Waals surface area contributed by atoms with Crippen molar-refractivity contribution in [2.75, 3.05) is 20.2 Å². The average Bonchev–Trinajstić information content (AvgIpc) is 3.45. The van der Waals surface area contributed by atoms with Crippen LogP contribution in [-0.4, -0.2) is 53.7 Å². The second-order valence-corrected chi connectivity index (χ2v) is 8.82. The fourth-order valence-electron chi connectivity index (χ4n) is 5.01. The molecule has 1 aliphatic carbocycles. The van der Waals surface area contributed by atoms with E-state index in [0.29, 0.717) is 54.0 Å². The quantitative estimate of drug-likeness (QED) is 0.517. The summed E-state index contributed by atoms with van der Waals surface area (Å²) in [4.78, 5) is 39.2. The van der Waals surface area contributed by atoms with Crippen molar-refractivity contribution >= 4 is 23.5 Å². The van der Waals surface area contributed by atoms with Gasteiger partial charge >= 0.3 is 5.97 Å². The summed E-state index contributed by atoms with van der Waals surface area (Å²) in [5.41, 5.74) is 1.94. The number of nitrogens with zero attached hydrogens (tertiary/aromatic N) is 1. The Labute approximate surface area is 198 Å². The van der Waals surface area contributed by atoms with Gasteiger partial charge in [-0.2, -0.15) is 0 Å². The number of carboxylic acids is 1. The minimum Gasteiger partial charge on any atom is -0.493 e. The van der Waals surface area contributed by atoms with Gasteiger partial charge in [0, 0.05) is 24.7 Å². The number of amidine groups is 1. The van der Waals surface area contributed by atoms with Crippen LogP contribution in [-0.2, 0) is 16.8 Å². The Kier molecular flexibility index (Phi) is 6.41. The van der Waals surface area contributed by atoms with Gasteiger partial charge in [-0.05, 0) is 49.1 Å². The third-order valence-electron chi connectivity index (χ3n) is 6.85. The first-order valence-electron chi connectivity index (χ1n) is 11.5. The van der Waals surface area contributed by atoms with Crippen LogP contribution in [0, 0.1) is 5.41 Å². The maximum absolute atomic E-state index is 13.2. The van der Waals surface area contributed by atoms with Crippen molar-refractivity contribution < 1.29 is 24.2 Å². The Morgan fingerprint density at radius 3 is 2.56 bits per heavy atom. The van der Waals surface area contributed by atoms with Crippen molar-refractivity contribution in [1.82, 2.24) is 10.2 Å². The van der Waals surface area contributed by atoms with Crippen molar-refractivity contribution in [2.45, 2.75) is 44.6 Å². The molecule has 2 aromatic carbocycles. The average molecular weight is 464 g/mol. The molecule has 2 aliphatic rings. The summed E-state index contributed by atoms with van der Waals surface area (Å²) in [6.45, 7) is 2.57. The highest BCUT2D eigenvalue weighted by atomic mass is 16.5. The first-order chi connectivity index (χ1) is 16.3. The molecular formula is C26H29N3O5. The fraction of sp³-hybridized carbons (Fsp3) is 0.385. The predicted octanol–water partition coefficient (Wildman–Crippen LogP) is 3.37. The number of hydrogen-bond acceptors (Lipinski definition) is 5. The number of fused-ring (bicyclic) bond motifs is 1. The van der Waals surface area contributed by atoms with Crippen LogP contribution in [0.2, 0.25) is 0 Å². The molecule has 1 heterocycles. The number of benzene rings is 2. The predicted molar refractivity (Wildman–Crippen MR) is 127 cm³/mol. The third kappa shape index (κ3) is 4.04. The van der Waals surface area contributed by atoms with Crippen LogP contribution < -0.4 is 10.1 Å². The molecule has 178 valence electrons. The zero-order valence-corrected chi connectivity index (χ0v) is 19.4. The second-order valence-electron chi connectivity index (χ2n) is 8.82. The van der Waals surface area contributed by atoms with Crippen LogP contribution in [0.15, 0.2) is 36.4 Å². The van der Waals surface area contributed by atoms with E-state index in [9.17, 15) is 19.5 Å². The van der Waals surface area contributed by atoms with Gasteiger partial charge in [0.2, 0.25) is 0 Å². The SMILES string of the molecule is CCOc1cc2c(cc1C(=O)NC)C(=N)N(CC(=O)c1cccc(C3(C(=O)O)CCCC3)c1)C2. The van der Waals surface area contributed by atoms with Gasteiger partial charge in [0.15, 0.2) is 5.78 Å². The lowest BCUT2D eigenvalue weighted by atomic mass is 9.78. The molecule has 0 unspecified atom stereocenters. The highest BCUT2D eigenvalue weighted by Gasteiger charge is 2.43. The molecule has 0 spiro atoms. The molecule has 8 nitrogen and oxygen atoms in total. The van der Waals surface area contributed by atoms with E-state index in [4.69, 9.17) is 10.1 Å². The minimum absolute atomic E-state index is 0.0175. The molecule has 1 amide bonds. The van der Waals surface area contributed by atoms with Gasteiger partial charge in [0.25, 0.3) is 5.91 Å². The lowest BCUT2D eigenvalue weighted by Crippen LogP contribution is -2.33. The lowest BCUT2D eigenvalue weighted by molar-refractivity contribution is -0.143. The lowest BCUT2D eigenvalue weighted by Gasteiger charge is -2.25. The Morgan fingerprint density at radius 1 is 1.18 bits per heavy atom. The number of nitrogens with one attached hydrogen (secondary N) is 2. The topological polar surface area (TPSA) is 120 Å². The maximum atomic E-state index is 13.2. The summed E-state index contributed by atoms with van der Waals surface area (Å²) >= 11 is 0. The highest BCUT2D eigenvalue weighted by Crippen LogP contribution is 2.41. The standard InChI is InChI=1S/C26H29N3O5/c1-3-34-22-12-17-14-29(23(27)19(17)13-20(22)24(31)28-2)15-21(30)16-7-6-8-18(11-16)26(25(32)33)9-4-5-10-26/h6-8,11-13,27H,3-5,9-10,14-15H2,1-2H3,(H,28,31)(H,32,33). The molecule has 1 aliphatic heterocycles. The zero-order valence-electron chi connectivity index (χ0n) is 19.4. The number of carbonyl (C=O) groups excluding carboxylic acids is 2. The first-order valence-corrected chi connectivity index (χ1v) is 11.5. The molecule has 0 atom stereocenters. The minimum atomic E-state index is -0.932. The summed E-state index contributed by atoms with van der Waals surface area (Å²) < 4.78 is 5.63. The van der Waals surface area contributed by atoms with Crippen LogP contribution in [0.1, 0.15) is 70.0 Å². The van der Waals surface area contributed by atoms with Crippen LogP contribution in [0.25, 0.3) is 0 Å². The molecule has 1 saturated carbocycles. The molecule has 0 saturated heterocycles. The molecule has 8 heteroatoms. The summed E-state index contributed by atoms with van der Waals surface area (Å²) in [5, 5.41) is 21.1. The monoisotopic (exact) mass is 463 g/mol. The normalized spacial score (nSPS) is 16.3. The Bertz CT molecular complexity index is 1170. The molecule has 34 heavy (non-hydrogen) atoms. The molecule has 2 aromatic rings. The van der Waals surface area contributed by atoms with Gasteiger partial charge in [0.05, 0.1) is 24.1 Å². The number of Topliss-reactive ketones (excluding diaryl/α,β-unsaturated/α-hetero) is 1. The van der Waals surface area contributed by atoms with Crippen LogP contribution in [0.5, 0.6) is 5.75 Å². The Morgan fingerprint density at radius 2 is 1.91 bits per heavy atom. The number of carbonyl (C=O) groups is 3. The number of amides is 1. The third-order valence-corrected chi connectivity index (χ3v) is 6.85. The molecule has 3 N–H and O–H groups in total. The van der Waals surface area contributed by atoms with E-state index in [1.165, 1.54) is 7.05 Å². The van der Waals surface area contributed by atoms with Gasteiger partial charge in [-0.15, -0.1) is 0 Å². The van der Waals surface area contributed by atoms with E-state index in [1.807, 2.05) is 6.92 Å². The Hall–Kier alpha value is -3.68. The summed E-state index contributed by atoms with van der Waals surface area (Å²) in [5.74, 6) is -0.710. The number of ether oxygens (including phenoxy) is 1. The first kappa shape index (κ1) is 23.5. The highest BCUT2D eigenvalue weighted by molar-refractivity contribution is 6.07. The fourth-order valence-corrected chi connectivity index (χ4v) is 5.01. The van der Waals surface area contributed by atoms with Crippen molar-refractivity contribution in [1.29, 1.82) is 5.41 Å². The molecule has 0 radical (unpaired) electrons. The number of ketones is 1. The van der Waals surface area contributed by atoms with Crippen LogP contribution in [0.3, 0.4) is 0 Å². The number of rotatable bonds is 8. The molecule has 1 fully saturated rings. The zero-order chi connectivity index (χ0) is 24.5. The van der Waals surface area contributed by atoms with Crippen LogP contribution >= 0.6 is 0 Å². The van der Waals surface area contributed by atoms with Crippen molar-refractivity contribution in [3.8, 4) is 5.75 Å². The van der Waals surface area contributed by atoms with E-state index in [0.717, 1.165) is 18.4 Å². The number of hydrogen-bond donors (Lipinski definition) is 3. The van der Waals surface area contributed by atoms with E-state index in [-0.39, 0.29) is 24.1 Å². The van der Waals surface area contributed by atoms with Crippen LogP contribution in [0.4, 0.5) is 0 Å². The van der Waals surface area contributed by atoms with Crippen molar-refractivity contribution in [3.63, 3.8) is 0 Å². The smallest absolute Gasteiger partial charge is 0.314 e. The second kappa shape index (κ2) is 9.29. The maximum Gasteiger partial charge on any atom is 0.314 e. The summed E-state index contributed by atoms with van der Waals surface area (Å²) in [6, 6.07) is 10.3. The summed E-state index contributed by atoms with van der Waals surface area (Å²) in [6.07, 6.45) is 2.86. The van der Waals surface area contributed by atoms with E-state index >= 15 is 0 Å². The van der Waals surface area contributed by atoms with Gasteiger partial charge in [-0.1, -0.05) is 31.0 Å². The van der Waals surface area contributed by atoms with E-state index in [1.54, 1.807) is 41.3 Å². The van der Waals surface area contributed by atoms with Gasteiger partial charge in [0.1, 0.15) is 11.6 Å².